The molecule has 24 heavy (non-hydrogen) atoms. The van der Waals surface area contributed by atoms with Gasteiger partial charge in [-0.05, 0) is 36.8 Å². The average molecular weight is 328 g/mol. The van der Waals surface area contributed by atoms with Crippen molar-refractivity contribution in [3.63, 3.8) is 0 Å². The van der Waals surface area contributed by atoms with E-state index >= 15 is 0 Å². The van der Waals surface area contributed by atoms with Gasteiger partial charge < -0.3 is 20.8 Å². The van der Waals surface area contributed by atoms with Crippen molar-refractivity contribution >= 4 is 11.8 Å². The standard InChI is InChI=1S/C11H12N2O3.C7H8O/c14-8-3-1-7(2-4-8)5-9-11(16)12-6-10(15)13-9;1-6-2-4-7(8)5-3-6/h1-4,9,14H,5-6H2,(H,12,16)(H,13,15);2-5,8H,1H3. The second-order valence-corrected chi connectivity index (χ2v) is 5.54. The number of rotatable bonds is 2. The molecule has 0 saturated carbocycles. The monoisotopic (exact) mass is 328 g/mol. The molecule has 1 aliphatic heterocycles. The lowest BCUT2D eigenvalue weighted by Gasteiger charge is -2.23. The highest BCUT2D eigenvalue weighted by Gasteiger charge is 2.25. The van der Waals surface area contributed by atoms with Gasteiger partial charge >= 0.3 is 0 Å². The Morgan fingerprint density at radius 1 is 0.958 bits per heavy atom. The first-order chi connectivity index (χ1) is 11.4. The van der Waals surface area contributed by atoms with Crippen LogP contribution in [0.1, 0.15) is 11.1 Å². The van der Waals surface area contributed by atoms with Crippen LogP contribution in [0.4, 0.5) is 0 Å². The van der Waals surface area contributed by atoms with E-state index in [2.05, 4.69) is 10.6 Å². The topological polar surface area (TPSA) is 98.7 Å². The summed E-state index contributed by atoms with van der Waals surface area (Å²) in [5.41, 5.74) is 2.06. The predicted molar refractivity (Wildman–Crippen MR) is 89.6 cm³/mol. The molecule has 1 fully saturated rings. The molecule has 1 atom stereocenters. The Kier molecular flexibility index (Phi) is 5.78. The quantitative estimate of drug-likeness (QED) is 0.667. The van der Waals surface area contributed by atoms with Crippen LogP contribution in [0.25, 0.3) is 0 Å². The fourth-order valence-corrected chi connectivity index (χ4v) is 2.16. The highest BCUT2D eigenvalue weighted by molar-refractivity contribution is 5.94. The minimum Gasteiger partial charge on any atom is -0.508 e. The number of aromatic hydroxyl groups is 2. The molecule has 0 bridgehead atoms. The van der Waals surface area contributed by atoms with Crippen LogP contribution in [-0.2, 0) is 16.0 Å². The number of hydrogen-bond donors (Lipinski definition) is 4. The van der Waals surface area contributed by atoms with E-state index in [0.717, 1.165) is 5.56 Å². The Labute approximate surface area is 140 Å². The molecule has 0 aliphatic carbocycles. The SMILES string of the molecule is Cc1ccc(O)cc1.O=C1CNC(=O)C(Cc2ccc(O)cc2)N1. The van der Waals surface area contributed by atoms with Crippen LogP contribution in [-0.4, -0.2) is 34.6 Å². The molecule has 2 amide bonds. The van der Waals surface area contributed by atoms with E-state index in [9.17, 15) is 9.59 Å². The van der Waals surface area contributed by atoms with Crippen molar-refractivity contribution in [3.05, 3.63) is 59.7 Å². The molecule has 3 rings (SSSR count). The number of phenols is 2. The van der Waals surface area contributed by atoms with Crippen LogP contribution >= 0.6 is 0 Å². The minimum absolute atomic E-state index is 0.0465. The maximum absolute atomic E-state index is 11.4. The van der Waals surface area contributed by atoms with E-state index in [1.165, 1.54) is 5.56 Å². The molecule has 6 heteroatoms. The molecule has 0 spiro atoms. The molecule has 0 aromatic heterocycles. The van der Waals surface area contributed by atoms with E-state index in [0.29, 0.717) is 12.2 Å². The minimum atomic E-state index is -0.522. The van der Waals surface area contributed by atoms with Gasteiger partial charge in [0.2, 0.25) is 11.8 Å². The number of aryl methyl sites for hydroxylation is 1. The number of amides is 2. The first-order valence-electron chi connectivity index (χ1n) is 7.54. The molecule has 4 N–H and O–H groups in total. The van der Waals surface area contributed by atoms with Crippen LogP contribution in [0.15, 0.2) is 48.5 Å². The molecule has 1 saturated heterocycles. The Balaban J connectivity index is 0.000000219. The van der Waals surface area contributed by atoms with Crippen molar-refractivity contribution < 1.29 is 19.8 Å². The predicted octanol–water partition coefficient (Wildman–Crippen LogP) is 1.25. The van der Waals surface area contributed by atoms with Gasteiger partial charge in [-0.15, -0.1) is 0 Å². The summed E-state index contributed by atoms with van der Waals surface area (Å²) < 4.78 is 0. The Bertz CT molecular complexity index is 675. The Morgan fingerprint density at radius 2 is 1.50 bits per heavy atom. The van der Waals surface area contributed by atoms with Gasteiger partial charge in [0.05, 0.1) is 6.54 Å². The van der Waals surface area contributed by atoms with Crippen molar-refractivity contribution in [3.8, 4) is 11.5 Å². The lowest BCUT2D eigenvalue weighted by atomic mass is 10.0. The Morgan fingerprint density at radius 3 is 2.04 bits per heavy atom. The van der Waals surface area contributed by atoms with Crippen molar-refractivity contribution in [2.24, 2.45) is 0 Å². The van der Waals surface area contributed by atoms with E-state index in [1.54, 1.807) is 36.4 Å². The molecule has 1 heterocycles. The third-order valence-corrected chi connectivity index (χ3v) is 3.49. The maximum Gasteiger partial charge on any atom is 0.243 e. The molecule has 6 nitrogen and oxygen atoms in total. The van der Waals surface area contributed by atoms with Gasteiger partial charge in [-0.3, -0.25) is 9.59 Å². The third kappa shape index (κ3) is 5.31. The number of piperazine rings is 1. The zero-order valence-corrected chi connectivity index (χ0v) is 13.3. The zero-order valence-electron chi connectivity index (χ0n) is 13.3. The summed E-state index contributed by atoms with van der Waals surface area (Å²) in [6.07, 6.45) is 0.428. The second kappa shape index (κ2) is 8.01. The summed E-state index contributed by atoms with van der Waals surface area (Å²) >= 11 is 0. The molecular weight excluding hydrogens is 308 g/mol. The smallest absolute Gasteiger partial charge is 0.243 e. The van der Waals surface area contributed by atoms with E-state index < -0.39 is 6.04 Å². The maximum atomic E-state index is 11.4. The number of carbonyl (C=O) groups is 2. The van der Waals surface area contributed by atoms with E-state index in [4.69, 9.17) is 10.2 Å². The van der Waals surface area contributed by atoms with Gasteiger partial charge in [0.1, 0.15) is 17.5 Å². The largest absolute Gasteiger partial charge is 0.508 e. The van der Waals surface area contributed by atoms with Crippen molar-refractivity contribution in [2.45, 2.75) is 19.4 Å². The molecular formula is C18H20N2O4. The lowest BCUT2D eigenvalue weighted by Crippen LogP contribution is -2.56. The van der Waals surface area contributed by atoms with Crippen molar-refractivity contribution in [1.82, 2.24) is 10.6 Å². The van der Waals surface area contributed by atoms with Gasteiger partial charge in [-0.2, -0.15) is 0 Å². The van der Waals surface area contributed by atoms with Gasteiger partial charge in [-0.1, -0.05) is 29.8 Å². The molecule has 1 aliphatic rings. The Hall–Kier alpha value is -3.02. The number of hydrogen-bond acceptors (Lipinski definition) is 4. The molecule has 2 aromatic rings. The molecule has 126 valence electrons. The van der Waals surface area contributed by atoms with Crippen LogP contribution in [0.2, 0.25) is 0 Å². The molecule has 1 unspecified atom stereocenters. The third-order valence-electron chi connectivity index (χ3n) is 3.49. The van der Waals surface area contributed by atoms with E-state index in [-0.39, 0.29) is 24.1 Å². The summed E-state index contributed by atoms with van der Waals surface area (Å²) in [5.74, 6) is 0.160. The number of phenolic OH excluding ortho intramolecular Hbond substituents is 2. The fraction of sp³-hybridized carbons (Fsp3) is 0.222. The number of carbonyl (C=O) groups excluding carboxylic acids is 2. The van der Waals surface area contributed by atoms with Gasteiger partial charge in [0, 0.05) is 6.42 Å². The number of benzene rings is 2. The van der Waals surface area contributed by atoms with Crippen molar-refractivity contribution in [1.29, 1.82) is 0 Å². The van der Waals surface area contributed by atoms with Crippen LogP contribution in [0, 0.1) is 6.92 Å². The zero-order chi connectivity index (χ0) is 17.5. The fourth-order valence-electron chi connectivity index (χ4n) is 2.16. The summed E-state index contributed by atoms with van der Waals surface area (Å²) in [4.78, 5) is 22.5. The summed E-state index contributed by atoms with van der Waals surface area (Å²) in [7, 11) is 0. The highest BCUT2D eigenvalue weighted by atomic mass is 16.3. The van der Waals surface area contributed by atoms with Gasteiger partial charge in [0.25, 0.3) is 0 Å². The second-order valence-electron chi connectivity index (χ2n) is 5.54. The first kappa shape index (κ1) is 17.3. The molecule has 2 aromatic carbocycles. The van der Waals surface area contributed by atoms with Gasteiger partial charge in [-0.25, -0.2) is 0 Å². The highest BCUT2D eigenvalue weighted by Crippen LogP contribution is 2.12. The average Bonchev–Trinajstić information content (AvgIpc) is 2.56. The van der Waals surface area contributed by atoms with E-state index in [1.807, 2.05) is 19.1 Å². The van der Waals surface area contributed by atoms with Crippen LogP contribution < -0.4 is 10.6 Å². The number of nitrogens with one attached hydrogen (secondary N) is 2. The summed E-state index contributed by atoms with van der Waals surface area (Å²) in [6.45, 7) is 2.03. The molecule has 0 radical (unpaired) electrons. The van der Waals surface area contributed by atoms with Gasteiger partial charge in [0.15, 0.2) is 0 Å². The summed E-state index contributed by atoms with van der Waals surface area (Å²) in [5, 5.41) is 23.0. The van der Waals surface area contributed by atoms with Crippen LogP contribution in [0.5, 0.6) is 11.5 Å². The summed E-state index contributed by atoms with van der Waals surface area (Å²) in [6, 6.07) is 13.1. The van der Waals surface area contributed by atoms with Crippen molar-refractivity contribution in [2.75, 3.05) is 6.54 Å². The lowest BCUT2D eigenvalue weighted by molar-refractivity contribution is -0.133. The van der Waals surface area contributed by atoms with Crippen LogP contribution in [0.3, 0.4) is 0 Å². The normalized spacial score (nSPS) is 16.5. The first-order valence-corrected chi connectivity index (χ1v) is 7.54.